The normalized spacial score (nSPS) is 17.5. The molecule has 0 spiro atoms. The van der Waals surface area contributed by atoms with Crippen molar-refractivity contribution in [2.45, 2.75) is 19.1 Å². The van der Waals surface area contributed by atoms with Gasteiger partial charge < -0.3 is 15.9 Å². The maximum absolute atomic E-state index is 9.40. The van der Waals surface area contributed by atoms with E-state index in [0.29, 0.717) is 23.7 Å². The summed E-state index contributed by atoms with van der Waals surface area (Å²) in [6, 6.07) is 2.15. The molecule has 4 N–H and O–H groups in total. The molecule has 17 heavy (non-hydrogen) atoms. The monoisotopic (exact) mass is 253 g/mol. The molecule has 1 unspecified atom stereocenters. The molecule has 1 atom stereocenters. The zero-order valence-electron chi connectivity index (χ0n) is 9.39. The fraction of sp³-hybridized carbons (Fsp3) is 0.545. The first-order valence-corrected chi connectivity index (χ1v) is 6.28. The molecule has 0 saturated carbocycles. The van der Waals surface area contributed by atoms with Crippen molar-refractivity contribution >= 4 is 16.3 Å². The number of nitriles is 1. The van der Waals surface area contributed by atoms with Crippen molar-refractivity contribution in [3.8, 4) is 6.07 Å². The van der Waals surface area contributed by atoms with Gasteiger partial charge in [-0.1, -0.05) is 0 Å². The number of nitrogen functional groups attached to an aromatic ring is 1. The van der Waals surface area contributed by atoms with E-state index in [2.05, 4.69) is 11.0 Å². The lowest BCUT2D eigenvalue weighted by atomic mass is 10.0. The first-order chi connectivity index (χ1) is 8.15. The predicted molar refractivity (Wildman–Crippen MR) is 65.5 cm³/mol. The lowest BCUT2D eigenvalue weighted by molar-refractivity contribution is 0.0555. The van der Waals surface area contributed by atoms with Crippen molar-refractivity contribution < 1.29 is 10.2 Å². The van der Waals surface area contributed by atoms with Crippen LogP contribution in [0.2, 0.25) is 0 Å². The summed E-state index contributed by atoms with van der Waals surface area (Å²) in [4.78, 5) is 3.18. The molecular formula is C11H15N3O2S. The fourth-order valence-corrected chi connectivity index (χ4v) is 3.22. The van der Waals surface area contributed by atoms with Crippen LogP contribution in [0.25, 0.3) is 0 Å². The molecule has 5 nitrogen and oxygen atoms in total. The number of thiophene rings is 1. The highest BCUT2D eigenvalue weighted by Gasteiger charge is 2.24. The first-order valence-electron chi connectivity index (χ1n) is 5.47. The number of anilines is 1. The highest BCUT2D eigenvalue weighted by atomic mass is 32.1. The van der Waals surface area contributed by atoms with Crippen LogP contribution < -0.4 is 5.73 Å². The highest BCUT2D eigenvalue weighted by molar-refractivity contribution is 7.16. The summed E-state index contributed by atoms with van der Waals surface area (Å²) in [5.41, 5.74) is 7.47. The van der Waals surface area contributed by atoms with Crippen molar-refractivity contribution in [3.05, 3.63) is 16.0 Å². The molecule has 0 saturated heterocycles. The molecule has 1 aliphatic rings. The second-order valence-electron chi connectivity index (χ2n) is 4.18. The van der Waals surface area contributed by atoms with Gasteiger partial charge in [-0.25, -0.2) is 0 Å². The Morgan fingerprint density at radius 2 is 2.35 bits per heavy atom. The van der Waals surface area contributed by atoms with E-state index in [0.717, 1.165) is 23.4 Å². The van der Waals surface area contributed by atoms with Gasteiger partial charge in [-0.05, 0) is 12.0 Å². The Kier molecular flexibility index (Phi) is 3.64. The zero-order chi connectivity index (χ0) is 12.4. The lowest BCUT2D eigenvalue weighted by Crippen LogP contribution is -2.37. The number of fused-ring (bicyclic) bond motifs is 1. The molecule has 2 rings (SSSR count). The van der Waals surface area contributed by atoms with Crippen LogP contribution in [-0.2, 0) is 13.0 Å². The fourth-order valence-electron chi connectivity index (χ4n) is 2.11. The average molecular weight is 253 g/mol. The van der Waals surface area contributed by atoms with E-state index in [1.807, 2.05) is 0 Å². The van der Waals surface area contributed by atoms with Gasteiger partial charge in [0.15, 0.2) is 0 Å². The lowest BCUT2D eigenvalue weighted by Gasteiger charge is -2.28. The molecule has 1 aromatic rings. The first kappa shape index (κ1) is 12.3. The summed E-state index contributed by atoms with van der Waals surface area (Å²) in [7, 11) is 0. The predicted octanol–water partition coefficient (Wildman–Crippen LogP) is -0.0867. The van der Waals surface area contributed by atoms with Gasteiger partial charge in [-0.2, -0.15) is 5.26 Å². The number of nitrogens with zero attached hydrogens (tertiary/aromatic N) is 2. The molecule has 0 bridgehead atoms. The Labute approximate surface area is 104 Å². The van der Waals surface area contributed by atoms with Crippen LogP contribution in [0, 0.1) is 11.3 Å². The number of nitrogens with two attached hydrogens (primary N) is 1. The molecular weight excluding hydrogens is 238 g/mol. The maximum Gasteiger partial charge on any atom is 0.104 e. The van der Waals surface area contributed by atoms with Gasteiger partial charge in [0.2, 0.25) is 0 Å². The molecule has 0 aliphatic carbocycles. The number of aliphatic hydroxyl groups is 2. The van der Waals surface area contributed by atoms with E-state index in [-0.39, 0.29) is 6.61 Å². The largest absolute Gasteiger partial charge is 0.394 e. The smallest absolute Gasteiger partial charge is 0.104 e. The van der Waals surface area contributed by atoms with Gasteiger partial charge in [-0.3, -0.25) is 4.90 Å². The molecule has 92 valence electrons. The molecule has 0 radical (unpaired) electrons. The van der Waals surface area contributed by atoms with Crippen molar-refractivity contribution in [3.63, 3.8) is 0 Å². The van der Waals surface area contributed by atoms with Crippen LogP contribution in [0.3, 0.4) is 0 Å². The van der Waals surface area contributed by atoms with Gasteiger partial charge in [0.1, 0.15) is 11.1 Å². The SMILES string of the molecule is N#Cc1c(N)sc2c1CCN(CC(O)CO)C2. The standard InChI is InChI=1S/C11H15N3O2S/c12-3-9-8-1-2-14(4-7(16)6-15)5-10(8)17-11(9)13/h7,15-16H,1-2,4-6,13H2. The van der Waals surface area contributed by atoms with E-state index in [1.165, 1.54) is 11.3 Å². The number of β-amino-alcohol motifs (C(OH)–C–C–N with tert-alkyl or cyclic N) is 1. The summed E-state index contributed by atoms with van der Waals surface area (Å²) >= 11 is 1.45. The summed E-state index contributed by atoms with van der Waals surface area (Å²) in [6.07, 6.45) is 0.0775. The molecule has 1 aliphatic heterocycles. The van der Waals surface area contributed by atoms with Crippen LogP contribution in [0.4, 0.5) is 5.00 Å². The van der Waals surface area contributed by atoms with Gasteiger partial charge in [-0.15, -0.1) is 11.3 Å². The third kappa shape index (κ3) is 2.42. The van der Waals surface area contributed by atoms with Gasteiger partial charge in [0.05, 0.1) is 18.3 Å². The van der Waals surface area contributed by atoms with Gasteiger partial charge in [0, 0.05) is 24.5 Å². The van der Waals surface area contributed by atoms with Crippen LogP contribution in [-0.4, -0.2) is 40.9 Å². The number of hydrogen-bond donors (Lipinski definition) is 3. The van der Waals surface area contributed by atoms with Crippen LogP contribution in [0.5, 0.6) is 0 Å². The van der Waals surface area contributed by atoms with E-state index >= 15 is 0 Å². The Hall–Kier alpha value is -1.13. The minimum absolute atomic E-state index is 0.223. The summed E-state index contributed by atoms with van der Waals surface area (Å²) in [6.45, 7) is 1.72. The van der Waals surface area contributed by atoms with E-state index in [1.54, 1.807) is 0 Å². The van der Waals surface area contributed by atoms with Crippen molar-refractivity contribution in [2.24, 2.45) is 0 Å². The van der Waals surface area contributed by atoms with E-state index in [4.69, 9.17) is 16.1 Å². The van der Waals surface area contributed by atoms with E-state index in [9.17, 15) is 5.11 Å². The molecule has 0 fully saturated rings. The number of rotatable bonds is 3. The molecule has 1 aromatic heterocycles. The summed E-state index contributed by atoms with van der Waals surface area (Å²) in [5.74, 6) is 0. The highest BCUT2D eigenvalue weighted by Crippen LogP contribution is 2.34. The molecule has 2 heterocycles. The third-order valence-electron chi connectivity index (χ3n) is 2.95. The quantitative estimate of drug-likeness (QED) is 0.700. The summed E-state index contributed by atoms with van der Waals surface area (Å²) in [5, 5.41) is 27.8. The molecule has 0 aromatic carbocycles. The van der Waals surface area contributed by atoms with Crippen LogP contribution in [0.15, 0.2) is 0 Å². The van der Waals surface area contributed by atoms with E-state index < -0.39 is 6.10 Å². The maximum atomic E-state index is 9.40. The number of hydrogen-bond acceptors (Lipinski definition) is 6. The number of aliphatic hydroxyl groups excluding tert-OH is 2. The van der Waals surface area contributed by atoms with Gasteiger partial charge in [0.25, 0.3) is 0 Å². The topological polar surface area (TPSA) is 93.5 Å². The average Bonchev–Trinajstić information content (AvgIpc) is 2.63. The second-order valence-corrected chi connectivity index (χ2v) is 5.31. The zero-order valence-corrected chi connectivity index (χ0v) is 10.2. The van der Waals surface area contributed by atoms with Crippen molar-refractivity contribution in [1.29, 1.82) is 5.26 Å². The Bertz CT molecular complexity index is 452. The Balaban J connectivity index is 2.12. The minimum Gasteiger partial charge on any atom is -0.394 e. The van der Waals surface area contributed by atoms with Crippen LogP contribution >= 0.6 is 11.3 Å². The molecule has 6 heteroatoms. The van der Waals surface area contributed by atoms with Crippen molar-refractivity contribution in [2.75, 3.05) is 25.4 Å². The van der Waals surface area contributed by atoms with Crippen LogP contribution in [0.1, 0.15) is 16.0 Å². The summed E-state index contributed by atoms with van der Waals surface area (Å²) < 4.78 is 0. The Morgan fingerprint density at radius 1 is 1.59 bits per heavy atom. The van der Waals surface area contributed by atoms with Crippen molar-refractivity contribution in [1.82, 2.24) is 4.90 Å². The third-order valence-corrected chi connectivity index (χ3v) is 4.00. The van der Waals surface area contributed by atoms with Gasteiger partial charge >= 0.3 is 0 Å². The minimum atomic E-state index is -0.704. The second kappa shape index (κ2) is 5.02. The molecule has 0 amide bonds. The Morgan fingerprint density at radius 3 is 3.00 bits per heavy atom.